The van der Waals surface area contributed by atoms with Crippen LogP contribution in [0.5, 0.6) is 0 Å². The molecule has 1 aliphatic carbocycles. The number of amides is 2. The van der Waals surface area contributed by atoms with Crippen molar-refractivity contribution in [1.82, 2.24) is 24.3 Å². The van der Waals surface area contributed by atoms with Gasteiger partial charge in [0.1, 0.15) is 11.5 Å². The van der Waals surface area contributed by atoms with Gasteiger partial charge in [-0.2, -0.15) is 0 Å². The zero-order valence-corrected chi connectivity index (χ0v) is 18.3. The summed E-state index contributed by atoms with van der Waals surface area (Å²) in [6, 6.07) is 5.28. The molecule has 4 rings (SSSR count). The van der Waals surface area contributed by atoms with E-state index in [1.807, 2.05) is 25.1 Å². The molecule has 1 aliphatic heterocycles. The maximum Gasteiger partial charge on any atom is 0.326 e. The van der Waals surface area contributed by atoms with Crippen LogP contribution < -0.4 is 4.90 Å². The van der Waals surface area contributed by atoms with E-state index < -0.39 is 0 Å². The van der Waals surface area contributed by atoms with Gasteiger partial charge in [0, 0.05) is 43.8 Å². The molecule has 1 saturated heterocycles. The van der Waals surface area contributed by atoms with Crippen molar-refractivity contribution in [3.05, 3.63) is 42.1 Å². The molecule has 1 saturated carbocycles. The average Bonchev–Trinajstić information content (AvgIpc) is 3.37. The number of urea groups is 1. The number of carbonyl (C=O) groups excluding carboxylic acids is 1. The number of imidazole rings is 1. The van der Waals surface area contributed by atoms with Crippen molar-refractivity contribution in [1.29, 1.82) is 10.8 Å². The average molecular weight is 423 g/mol. The first kappa shape index (κ1) is 21.0. The highest BCUT2D eigenvalue weighted by molar-refractivity contribution is 6.01. The van der Waals surface area contributed by atoms with Gasteiger partial charge in [0.2, 0.25) is 0 Å². The van der Waals surface area contributed by atoms with E-state index in [1.165, 1.54) is 17.7 Å². The van der Waals surface area contributed by atoms with Gasteiger partial charge < -0.3 is 14.4 Å². The normalized spacial score (nSPS) is 17.4. The number of nitrogens with one attached hydrogen (secondary N) is 2. The molecule has 9 heteroatoms. The lowest BCUT2D eigenvalue weighted by atomic mass is 10.2. The molecule has 2 aliphatic rings. The van der Waals surface area contributed by atoms with Gasteiger partial charge in [0.15, 0.2) is 5.84 Å². The monoisotopic (exact) mass is 422 g/mol. The number of hydrogen-bond donors (Lipinski definition) is 2. The second-order valence-corrected chi connectivity index (χ2v) is 8.61. The second-order valence-electron chi connectivity index (χ2n) is 8.61. The van der Waals surface area contributed by atoms with E-state index in [4.69, 9.17) is 10.8 Å². The molecule has 2 aromatic rings. The van der Waals surface area contributed by atoms with Crippen LogP contribution in [0.25, 0.3) is 0 Å². The Morgan fingerprint density at radius 3 is 2.74 bits per heavy atom. The van der Waals surface area contributed by atoms with Crippen molar-refractivity contribution in [2.45, 2.75) is 58.2 Å². The third-order valence-corrected chi connectivity index (χ3v) is 5.90. The highest BCUT2D eigenvalue weighted by Crippen LogP contribution is 2.38. The molecule has 2 amide bonds. The summed E-state index contributed by atoms with van der Waals surface area (Å²) >= 11 is 0. The quantitative estimate of drug-likeness (QED) is 0.504. The van der Waals surface area contributed by atoms with Crippen LogP contribution in [0.1, 0.15) is 50.9 Å². The third-order valence-electron chi connectivity index (χ3n) is 5.90. The van der Waals surface area contributed by atoms with Gasteiger partial charge in [-0.1, -0.05) is 6.07 Å². The number of anilines is 1. The largest absolute Gasteiger partial charge is 0.335 e. The number of aromatic nitrogens is 3. The van der Waals surface area contributed by atoms with E-state index >= 15 is 0 Å². The van der Waals surface area contributed by atoms with Crippen LogP contribution >= 0.6 is 0 Å². The van der Waals surface area contributed by atoms with Crippen molar-refractivity contribution in [2.75, 3.05) is 18.0 Å². The number of pyridine rings is 1. The van der Waals surface area contributed by atoms with Gasteiger partial charge in [-0.15, -0.1) is 0 Å². The summed E-state index contributed by atoms with van der Waals surface area (Å²) in [5.41, 5.74) is 1.60. The molecule has 2 aromatic heterocycles. The topological polar surface area (TPSA) is 105 Å². The van der Waals surface area contributed by atoms with Crippen LogP contribution in [-0.4, -0.2) is 67.7 Å². The molecule has 0 bridgehead atoms. The third kappa shape index (κ3) is 4.30. The zero-order chi connectivity index (χ0) is 22.1. The van der Waals surface area contributed by atoms with Gasteiger partial charge in [0.05, 0.1) is 18.4 Å². The van der Waals surface area contributed by atoms with Crippen LogP contribution in [-0.2, 0) is 6.54 Å². The first-order valence-corrected chi connectivity index (χ1v) is 10.8. The summed E-state index contributed by atoms with van der Waals surface area (Å²) in [6.07, 6.45) is 7.56. The Bertz CT molecular complexity index is 979. The summed E-state index contributed by atoms with van der Waals surface area (Å²) < 4.78 is 2.08. The molecule has 2 N–H and O–H groups in total. The Morgan fingerprint density at radius 2 is 2.06 bits per heavy atom. The fraction of sp³-hybridized carbons (Fsp3) is 0.500. The lowest BCUT2D eigenvalue weighted by molar-refractivity contribution is 0.198. The predicted octanol–water partition coefficient (Wildman–Crippen LogP) is 3.13. The lowest BCUT2D eigenvalue weighted by Gasteiger charge is -2.25. The minimum Gasteiger partial charge on any atom is -0.335 e. The zero-order valence-electron chi connectivity index (χ0n) is 18.3. The summed E-state index contributed by atoms with van der Waals surface area (Å²) in [6.45, 7) is 7.79. The van der Waals surface area contributed by atoms with E-state index in [2.05, 4.69) is 27.7 Å². The van der Waals surface area contributed by atoms with Crippen molar-refractivity contribution < 1.29 is 4.79 Å². The van der Waals surface area contributed by atoms with E-state index in [0.717, 1.165) is 12.0 Å². The van der Waals surface area contributed by atoms with Crippen molar-refractivity contribution in [2.24, 2.45) is 0 Å². The highest BCUT2D eigenvalue weighted by Gasteiger charge is 2.34. The molecule has 9 nitrogen and oxygen atoms in total. The van der Waals surface area contributed by atoms with Crippen molar-refractivity contribution >= 4 is 24.0 Å². The van der Waals surface area contributed by atoms with E-state index in [1.54, 1.807) is 23.1 Å². The first-order valence-electron chi connectivity index (χ1n) is 10.8. The van der Waals surface area contributed by atoms with Crippen LogP contribution in [0.4, 0.5) is 10.6 Å². The van der Waals surface area contributed by atoms with Gasteiger partial charge in [0.25, 0.3) is 0 Å². The summed E-state index contributed by atoms with van der Waals surface area (Å²) in [5.74, 6) is 1.31. The Kier molecular flexibility index (Phi) is 5.75. The van der Waals surface area contributed by atoms with E-state index in [-0.39, 0.29) is 24.0 Å². The van der Waals surface area contributed by atoms with Gasteiger partial charge in [-0.25, -0.2) is 14.8 Å². The second kappa shape index (κ2) is 8.49. The minimum absolute atomic E-state index is 0.0242. The molecule has 3 heterocycles. The molecular formula is C22H30N8O. The van der Waals surface area contributed by atoms with E-state index in [9.17, 15) is 4.79 Å². The standard InChI is InChI=1S/C22H30N8O/c1-15(2)30(13-23)21(24)18-5-4-6-20(26-18)29-10-9-28(22(29)31)16(3)11-27-12-19(25-14-27)17-7-8-17/h4-6,12-17,23-24H,7-11H2,1-3H3. The summed E-state index contributed by atoms with van der Waals surface area (Å²) in [5, 5.41) is 16.0. The maximum atomic E-state index is 13.1. The molecular weight excluding hydrogens is 392 g/mol. The molecule has 1 unspecified atom stereocenters. The first-order chi connectivity index (χ1) is 14.9. The molecule has 164 valence electrons. The van der Waals surface area contributed by atoms with Gasteiger partial charge >= 0.3 is 6.03 Å². The van der Waals surface area contributed by atoms with Crippen LogP contribution in [0.15, 0.2) is 30.7 Å². The van der Waals surface area contributed by atoms with Crippen LogP contribution in [0.3, 0.4) is 0 Å². The predicted molar refractivity (Wildman–Crippen MR) is 120 cm³/mol. The Hall–Kier alpha value is -3.23. The Labute approximate surface area is 182 Å². The molecule has 1 atom stereocenters. The number of rotatable bonds is 8. The maximum absolute atomic E-state index is 13.1. The molecule has 0 spiro atoms. The summed E-state index contributed by atoms with van der Waals surface area (Å²) in [4.78, 5) is 27.3. The Balaban J connectivity index is 1.44. The fourth-order valence-corrected chi connectivity index (χ4v) is 3.96. The molecule has 0 aromatic carbocycles. The van der Waals surface area contributed by atoms with Crippen LogP contribution in [0.2, 0.25) is 0 Å². The Morgan fingerprint density at radius 1 is 1.29 bits per heavy atom. The van der Waals surface area contributed by atoms with E-state index in [0.29, 0.717) is 37.1 Å². The minimum atomic E-state index is -0.0704. The number of hydrogen-bond acceptors (Lipinski definition) is 5. The number of nitrogens with zero attached hydrogens (tertiary/aromatic N) is 6. The van der Waals surface area contributed by atoms with Crippen molar-refractivity contribution in [3.63, 3.8) is 0 Å². The molecule has 2 fully saturated rings. The smallest absolute Gasteiger partial charge is 0.326 e. The number of amidine groups is 1. The summed E-state index contributed by atoms with van der Waals surface area (Å²) in [7, 11) is 0. The fourth-order valence-electron chi connectivity index (χ4n) is 3.96. The molecule has 0 radical (unpaired) electrons. The van der Waals surface area contributed by atoms with Gasteiger partial charge in [-0.3, -0.25) is 15.7 Å². The molecule has 31 heavy (non-hydrogen) atoms. The SMILES string of the molecule is CC(C)N(C=N)C(=N)c1cccc(N2CCN(C(C)Cn3cnc(C4CC4)c3)C2=O)n1. The van der Waals surface area contributed by atoms with Crippen molar-refractivity contribution in [3.8, 4) is 0 Å². The van der Waals surface area contributed by atoms with Crippen LogP contribution in [0, 0.1) is 10.8 Å². The lowest BCUT2D eigenvalue weighted by Crippen LogP contribution is -2.40. The van der Waals surface area contributed by atoms with Gasteiger partial charge in [-0.05, 0) is 45.7 Å². The number of carbonyl (C=O) groups is 1. The highest BCUT2D eigenvalue weighted by atomic mass is 16.2.